The van der Waals surface area contributed by atoms with Crippen molar-refractivity contribution in [2.45, 2.75) is 24.5 Å². The fraction of sp³-hybridized carbons (Fsp3) is 0.692. The van der Waals surface area contributed by atoms with E-state index < -0.39 is 36.8 Å². The van der Waals surface area contributed by atoms with Crippen molar-refractivity contribution in [1.29, 1.82) is 0 Å². The van der Waals surface area contributed by atoms with Crippen LogP contribution in [0.3, 0.4) is 0 Å². The van der Waals surface area contributed by atoms with Gasteiger partial charge in [0.15, 0.2) is 6.23 Å². The van der Waals surface area contributed by atoms with Crippen LogP contribution < -0.4 is 10.6 Å². The summed E-state index contributed by atoms with van der Waals surface area (Å²) >= 11 is 1.87. The maximum Gasteiger partial charge on any atom is 0.351 e. The molecule has 0 radical (unpaired) electrons. The Morgan fingerprint density at radius 2 is 2.05 bits per heavy atom. The normalized spacial score (nSPS) is 32.4. The highest BCUT2D eigenvalue weighted by atomic mass is 32.2. The second-order valence-corrected chi connectivity index (χ2v) is 6.53. The first kappa shape index (κ1) is 15.8. The third-order valence-corrected chi connectivity index (χ3v) is 4.88. The molecule has 1 aromatic heterocycles. The van der Waals surface area contributed by atoms with Gasteiger partial charge in [-0.05, 0) is 6.07 Å². The fourth-order valence-corrected chi connectivity index (χ4v) is 3.58. The van der Waals surface area contributed by atoms with Gasteiger partial charge < -0.3 is 25.0 Å². The Bertz CT molecular complexity index is 577. The van der Waals surface area contributed by atoms with E-state index in [2.05, 4.69) is 4.98 Å². The number of thioether (sulfide) groups is 1. The molecular weight excluding hydrogens is 310 g/mol. The number of hydrogen-bond donors (Lipinski definition) is 3. The van der Waals surface area contributed by atoms with Crippen molar-refractivity contribution in [2.24, 2.45) is 0 Å². The Kier molecular flexibility index (Phi) is 4.69. The zero-order chi connectivity index (χ0) is 15.7. The largest absolute Gasteiger partial charge is 0.394 e. The number of aliphatic hydroxyl groups excluding tert-OH is 3. The van der Waals surface area contributed by atoms with Crippen molar-refractivity contribution in [1.82, 2.24) is 9.55 Å². The summed E-state index contributed by atoms with van der Waals surface area (Å²) < 4.78 is 6.49. The molecule has 8 nitrogen and oxygen atoms in total. The summed E-state index contributed by atoms with van der Waals surface area (Å²) in [4.78, 5) is 18.3. The number of hydrogen-bond acceptors (Lipinski definition) is 8. The minimum Gasteiger partial charge on any atom is -0.394 e. The fourth-order valence-electron chi connectivity index (χ4n) is 2.68. The molecule has 0 unspecified atom stereocenters. The highest BCUT2D eigenvalue weighted by molar-refractivity contribution is 7.99. The molecule has 0 amide bonds. The van der Waals surface area contributed by atoms with E-state index in [-0.39, 0.29) is 0 Å². The average Bonchev–Trinajstić information content (AvgIpc) is 2.83. The summed E-state index contributed by atoms with van der Waals surface area (Å²) in [6.45, 7) is 1.25. The van der Waals surface area contributed by atoms with Crippen molar-refractivity contribution in [2.75, 3.05) is 36.1 Å². The number of ether oxygens (including phenoxy) is 1. The Hall–Kier alpha value is -1.13. The summed E-state index contributed by atoms with van der Waals surface area (Å²) in [5.74, 6) is 2.60. The maximum atomic E-state index is 12.2. The molecule has 0 spiro atoms. The van der Waals surface area contributed by atoms with Crippen LogP contribution in [0.4, 0.5) is 5.82 Å². The Labute approximate surface area is 131 Å². The monoisotopic (exact) mass is 329 g/mol. The molecule has 3 N–H and O–H groups in total. The molecule has 4 atom stereocenters. The Balaban J connectivity index is 1.82. The summed E-state index contributed by atoms with van der Waals surface area (Å²) in [6.07, 6.45) is -2.97. The van der Waals surface area contributed by atoms with Gasteiger partial charge in [0.05, 0.1) is 6.61 Å². The van der Waals surface area contributed by atoms with Gasteiger partial charge in [0.2, 0.25) is 0 Å². The van der Waals surface area contributed by atoms with E-state index in [1.165, 1.54) is 6.20 Å². The predicted octanol–water partition coefficient (Wildman–Crippen LogP) is -1.59. The standard InChI is InChI=1S/C13H19N3O5S/c17-7-8-10(18)11(19)12(21-8)16-2-1-9(14-13(16)20)15-3-5-22-6-4-15/h1-2,8,10-12,17-19H,3-7H2/t8-,10+,11+,12-/m0/s1. The molecule has 0 bridgehead atoms. The van der Waals surface area contributed by atoms with Crippen molar-refractivity contribution in [3.63, 3.8) is 0 Å². The SMILES string of the molecule is O=c1nc(N2CCSCC2)ccn1[C@H]1O[C@@H](CO)[C@@H](O)[C@H]1O. The minimum atomic E-state index is -1.28. The number of aliphatic hydroxyl groups is 3. The van der Waals surface area contributed by atoms with Crippen molar-refractivity contribution in [3.8, 4) is 0 Å². The van der Waals surface area contributed by atoms with E-state index in [9.17, 15) is 15.0 Å². The van der Waals surface area contributed by atoms with Crippen LogP contribution in [0.5, 0.6) is 0 Å². The first-order valence-corrected chi connectivity index (χ1v) is 8.31. The zero-order valence-corrected chi connectivity index (χ0v) is 12.7. The first-order chi connectivity index (χ1) is 10.6. The van der Waals surface area contributed by atoms with Gasteiger partial charge in [-0.25, -0.2) is 4.79 Å². The van der Waals surface area contributed by atoms with E-state index in [0.29, 0.717) is 5.82 Å². The number of rotatable bonds is 3. The number of anilines is 1. The molecule has 0 aromatic carbocycles. The quantitative estimate of drug-likeness (QED) is 0.609. The van der Waals surface area contributed by atoms with E-state index in [0.717, 1.165) is 29.2 Å². The van der Waals surface area contributed by atoms with Gasteiger partial charge in [-0.3, -0.25) is 4.57 Å². The summed E-state index contributed by atoms with van der Waals surface area (Å²) in [7, 11) is 0. The lowest BCUT2D eigenvalue weighted by Gasteiger charge is -2.27. The zero-order valence-electron chi connectivity index (χ0n) is 11.9. The van der Waals surface area contributed by atoms with Crippen LogP contribution in [-0.2, 0) is 4.74 Å². The van der Waals surface area contributed by atoms with Gasteiger partial charge in [-0.1, -0.05) is 0 Å². The Morgan fingerprint density at radius 1 is 1.32 bits per heavy atom. The van der Waals surface area contributed by atoms with Gasteiger partial charge in [0, 0.05) is 30.8 Å². The van der Waals surface area contributed by atoms with Crippen molar-refractivity contribution < 1.29 is 20.1 Å². The minimum absolute atomic E-state index is 0.430. The molecule has 122 valence electrons. The highest BCUT2D eigenvalue weighted by Gasteiger charge is 2.43. The van der Waals surface area contributed by atoms with E-state index in [1.807, 2.05) is 16.7 Å². The molecule has 2 aliphatic rings. The van der Waals surface area contributed by atoms with Gasteiger partial charge in [0.1, 0.15) is 24.1 Å². The second kappa shape index (κ2) is 6.55. The van der Waals surface area contributed by atoms with Gasteiger partial charge in [0.25, 0.3) is 0 Å². The van der Waals surface area contributed by atoms with Crippen LogP contribution in [0.15, 0.2) is 17.1 Å². The number of aromatic nitrogens is 2. The molecular formula is C13H19N3O5S. The van der Waals surface area contributed by atoms with Gasteiger partial charge in [-0.15, -0.1) is 0 Å². The molecule has 0 aliphatic carbocycles. The summed E-state index contributed by atoms with van der Waals surface area (Å²) in [5.41, 5.74) is -0.550. The van der Waals surface area contributed by atoms with Gasteiger partial charge in [-0.2, -0.15) is 16.7 Å². The van der Waals surface area contributed by atoms with Crippen LogP contribution in [0.2, 0.25) is 0 Å². The smallest absolute Gasteiger partial charge is 0.351 e. The highest BCUT2D eigenvalue weighted by Crippen LogP contribution is 2.28. The molecule has 22 heavy (non-hydrogen) atoms. The molecule has 2 saturated heterocycles. The molecule has 0 saturated carbocycles. The van der Waals surface area contributed by atoms with E-state index in [4.69, 9.17) is 9.84 Å². The van der Waals surface area contributed by atoms with Crippen LogP contribution in [0.1, 0.15) is 6.23 Å². The van der Waals surface area contributed by atoms with Crippen LogP contribution in [0, 0.1) is 0 Å². The molecule has 3 heterocycles. The van der Waals surface area contributed by atoms with Gasteiger partial charge >= 0.3 is 5.69 Å². The van der Waals surface area contributed by atoms with E-state index in [1.54, 1.807) is 6.07 Å². The van der Waals surface area contributed by atoms with Crippen molar-refractivity contribution in [3.05, 3.63) is 22.7 Å². The predicted molar refractivity (Wildman–Crippen MR) is 81.0 cm³/mol. The lowest BCUT2D eigenvalue weighted by Crippen LogP contribution is -2.38. The molecule has 2 fully saturated rings. The molecule has 1 aromatic rings. The topological polar surface area (TPSA) is 108 Å². The average molecular weight is 329 g/mol. The third-order valence-electron chi connectivity index (χ3n) is 3.94. The third kappa shape index (κ3) is 2.86. The van der Waals surface area contributed by atoms with Crippen molar-refractivity contribution >= 4 is 17.6 Å². The Morgan fingerprint density at radius 3 is 2.64 bits per heavy atom. The molecule has 3 rings (SSSR count). The van der Waals surface area contributed by atoms with Crippen LogP contribution in [-0.4, -0.2) is 74.4 Å². The van der Waals surface area contributed by atoms with E-state index >= 15 is 0 Å². The molecule has 9 heteroatoms. The van der Waals surface area contributed by atoms with Crippen LogP contribution >= 0.6 is 11.8 Å². The summed E-state index contributed by atoms with van der Waals surface area (Å²) in [6, 6.07) is 1.70. The van der Waals surface area contributed by atoms with Crippen LogP contribution in [0.25, 0.3) is 0 Å². The second-order valence-electron chi connectivity index (χ2n) is 5.30. The first-order valence-electron chi connectivity index (χ1n) is 7.16. The lowest BCUT2D eigenvalue weighted by atomic mass is 10.1. The molecule has 2 aliphatic heterocycles. The summed E-state index contributed by atoms with van der Waals surface area (Å²) in [5, 5.41) is 28.8. The maximum absolute atomic E-state index is 12.2. The number of nitrogens with zero attached hydrogens (tertiary/aromatic N) is 3. The lowest BCUT2D eigenvalue weighted by molar-refractivity contribution is -0.0549.